The van der Waals surface area contributed by atoms with Crippen molar-refractivity contribution in [2.24, 2.45) is 5.41 Å². The molecule has 1 amide bonds. The third kappa shape index (κ3) is 3.03. The van der Waals surface area contributed by atoms with E-state index in [9.17, 15) is 4.79 Å². The van der Waals surface area contributed by atoms with Crippen molar-refractivity contribution < 1.29 is 4.79 Å². The zero-order valence-corrected chi connectivity index (χ0v) is 16.7. The van der Waals surface area contributed by atoms with E-state index in [0.29, 0.717) is 17.5 Å². The highest BCUT2D eigenvalue weighted by Gasteiger charge is 2.55. The molecule has 3 nitrogen and oxygen atoms in total. The molecular formula is C23H28N2OS. The van der Waals surface area contributed by atoms with Gasteiger partial charge in [-0.1, -0.05) is 43.2 Å². The fourth-order valence-corrected chi connectivity index (χ4v) is 6.41. The summed E-state index contributed by atoms with van der Waals surface area (Å²) in [5, 5.41) is 3.96. The number of nitrogens with zero attached hydrogens (tertiary/aromatic N) is 2. The third-order valence-corrected chi connectivity index (χ3v) is 7.80. The van der Waals surface area contributed by atoms with Crippen molar-refractivity contribution in [3.05, 3.63) is 58.3 Å². The van der Waals surface area contributed by atoms with Gasteiger partial charge in [0.05, 0.1) is 5.56 Å². The SMILES string of the molecule is O=C(c1ccsc1)N1CCC(N2CC3(CCCC3)C2c2ccccc2)CC1. The van der Waals surface area contributed by atoms with Crippen LogP contribution in [0.4, 0.5) is 0 Å². The topological polar surface area (TPSA) is 23.6 Å². The van der Waals surface area contributed by atoms with Crippen molar-refractivity contribution in [2.45, 2.75) is 50.6 Å². The summed E-state index contributed by atoms with van der Waals surface area (Å²) in [7, 11) is 0. The van der Waals surface area contributed by atoms with Crippen molar-refractivity contribution in [1.29, 1.82) is 0 Å². The summed E-state index contributed by atoms with van der Waals surface area (Å²) in [6.07, 6.45) is 7.77. The molecule has 3 heterocycles. The van der Waals surface area contributed by atoms with Crippen LogP contribution in [-0.2, 0) is 0 Å². The Labute approximate surface area is 166 Å². The first-order chi connectivity index (χ1) is 13.3. The zero-order chi connectivity index (χ0) is 18.3. The highest BCUT2D eigenvalue weighted by Crippen LogP contribution is 2.59. The minimum absolute atomic E-state index is 0.213. The van der Waals surface area contributed by atoms with Gasteiger partial charge in [-0.05, 0) is 42.7 Å². The molecule has 2 aromatic rings. The number of thiophene rings is 1. The summed E-state index contributed by atoms with van der Waals surface area (Å²) in [4.78, 5) is 17.5. The average molecular weight is 381 g/mol. The Morgan fingerprint density at radius 3 is 2.44 bits per heavy atom. The Hall–Kier alpha value is -1.65. The summed E-state index contributed by atoms with van der Waals surface area (Å²) in [6.45, 7) is 3.05. The van der Waals surface area contributed by atoms with Gasteiger partial charge in [0.1, 0.15) is 0 Å². The van der Waals surface area contributed by atoms with Crippen LogP contribution in [0.2, 0.25) is 0 Å². The molecule has 2 saturated heterocycles. The molecule has 2 aliphatic heterocycles. The van der Waals surface area contributed by atoms with E-state index in [1.807, 2.05) is 16.8 Å². The summed E-state index contributed by atoms with van der Waals surface area (Å²) in [6, 6.07) is 14.3. The molecule has 27 heavy (non-hydrogen) atoms. The van der Waals surface area contributed by atoms with Gasteiger partial charge in [-0.2, -0.15) is 11.3 Å². The Morgan fingerprint density at radius 2 is 1.78 bits per heavy atom. The molecular weight excluding hydrogens is 352 g/mol. The van der Waals surface area contributed by atoms with E-state index in [0.717, 1.165) is 31.5 Å². The van der Waals surface area contributed by atoms with Crippen LogP contribution in [0.25, 0.3) is 0 Å². The first-order valence-corrected chi connectivity index (χ1v) is 11.3. The number of carbonyl (C=O) groups excluding carboxylic acids is 1. The molecule has 1 unspecified atom stereocenters. The molecule has 0 bridgehead atoms. The second-order valence-electron chi connectivity index (χ2n) is 8.59. The van der Waals surface area contributed by atoms with Gasteiger partial charge >= 0.3 is 0 Å². The van der Waals surface area contributed by atoms with Gasteiger partial charge in [-0.15, -0.1) is 0 Å². The maximum absolute atomic E-state index is 12.6. The molecule has 3 fully saturated rings. The van der Waals surface area contributed by atoms with Crippen molar-refractivity contribution in [3.63, 3.8) is 0 Å². The van der Waals surface area contributed by atoms with Crippen LogP contribution < -0.4 is 0 Å². The number of piperidine rings is 1. The number of hydrogen-bond acceptors (Lipinski definition) is 3. The number of hydrogen-bond donors (Lipinski definition) is 0. The molecule has 5 rings (SSSR count). The average Bonchev–Trinajstić information content (AvgIpc) is 3.40. The highest BCUT2D eigenvalue weighted by molar-refractivity contribution is 7.08. The number of benzene rings is 1. The number of likely N-dealkylation sites (tertiary alicyclic amines) is 2. The van der Waals surface area contributed by atoms with Crippen molar-refractivity contribution in [2.75, 3.05) is 19.6 Å². The zero-order valence-electron chi connectivity index (χ0n) is 15.8. The van der Waals surface area contributed by atoms with E-state index in [2.05, 4.69) is 40.1 Å². The number of carbonyl (C=O) groups is 1. The lowest BCUT2D eigenvalue weighted by atomic mass is 9.66. The van der Waals surface area contributed by atoms with Gasteiger partial charge < -0.3 is 4.90 Å². The van der Waals surface area contributed by atoms with Crippen LogP contribution in [0.5, 0.6) is 0 Å². The quantitative estimate of drug-likeness (QED) is 0.750. The molecule has 1 atom stereocenters. The highest BCUT2D eigenvalue weighted by atomic mass is 32.1. The fourth-order valence-electron chi connectivity index (χ4n) is 5.78. The van der Waals surface area contributed by atoms with E-state index in [4.69, 9.17) is 0 Å². The smallest absolute Gasteiger partial charge is 0.254 e. The lowest BCUT2D eigenvalue weighted by Crippen LogP contribution is -2.62. The van der Waals surface area contributed by atoms with Gasteiger partial charge in [0.15, 0.2) is 0 Å². The molecule has 1 aromatic heterocycles. The van der Waals surface area contributed by atoms with Gasteiger partial charge in [0, 0.05) is 42.5 Å². The number of amides is 1. The monoisotopic (exact) mass is 380 g/mol. The van der Waals surface area contributed by atoms with Crippen LogP contribution in [0.1, 0.15) is 60.5 Å². The predicted molar refractivity (Wildman–Crippen MR) is 110 cm³/mol. The Kier molecular flexibility index (Phi) is 4.57. The van der Waals surface area contributed by atoms with Crippen molar-refractivity contribution in [1.82, 2.24) is 9.80 Å². The standard InChI is InChI=1S/C23H28N2OS/c26-22(19-10-15-27-16-19)24-13-8-20(9-14-24)25-17-23(11-4-5-12-23)21(25)18-6-2-1-3-7-18/h1-3,6-7,10,15-16,20-21H,4-5,8-9,11-14,17H2. The van der Waals surface area contributed by atoms with Gasteiger partial charge in [0.25, 0.3) is 5.91 Å². The Morgan fingerprint density at radius 1 is 1.04 bits per heavy atom. The molecule has 4 heteroatoms. The Balaban J connectivity index is 1.29. The lowest BCUT2D eigenvalue weighted by molar-refractivity contribution is -0.111. The molecule has 1 aromatic carbocycles. The van der Waals surface area contributed by atoms with Crippen molar-refractivity contribution in [3.8, 4) is 0 Å². The summed E-state index contributed by atoms with van der Waals surface area (Å²) in [5.41, 5.74) is 2.88. The minimum Gasteiger partial charge on any atom is -0.339 e. The maximum Gasteiger partial charge on any atom is 0.254 e. The lowest BCUT2D eigenvalue weighted by Gasteiger charge is -2.60. The van der Waals surface area contributed by atoms with Crippen LogP contribution in [0, 0.1) is 5.41 Å². The minimum atomic E-state index is 0.213. The molecule has 1 spiro atoms. The number of rotatable bonds is 3. The maximum atomic E-state index is 12.6. The molecule has 142 valence electrons. The molecule has 0 N–H and O–H groups in total. The first-order valence-electron chi connectivity index (χ1n) is 10.4. The van der Waals surface area contributed by atoms with Crippen LogP contribution in [0.15, 0.2) is 47.2 Å². The van der Waals surface area contributed by atoms with Crippen LogP contribution >= 0.6 is 11.3 Å². The first kappa shape index (κ1) is 17.4. The van der Waals surface area contributed by atoms with E-state index in [-0.39, 0.29) is 5.91 Å². The Bertz CT molecular complexity index is 774. The second kappa shape index (κ2) is 7.06. The molecule has 0 radical (unpaired) electrons. The largest absolute Gasteiger partial charge is 0.339 e. The van der Waals surface area contributed by atoms with Crippen molar-refractivity contribution >= 4 is 17.2 Å². The molecule has 1 aliphatic carbocycles. The summed E-state index contributed by atoms with van der Waals surface area (Å²) >= 11 is 1.60. The van der Waals surface area contributed by atoms with E-state index in [1.165, 1.54) is 37.8 Å². The van der Waals surface area contributed by atoms with E-state index < -0.39 is 0 Å². The predicted octanol–water partition coefficient (Wildman–Crippen LogP) is 4.97. The fraction of sp³-hybridized carbons (Fsp3) is 0.522. The second-order valence-corrected chi connectivity index (χ2v) is 9.37. The van der Waals surface area contributed by atoms with E-state index in [1.54, 1.807) is 11.3 Å². The van der Waals surface area contributed by atoms with Crippen LogP contribution in [-0.4, -0.2) is 41.4 Å². The third-order valence-electron chi connectivity index (χ3n) is 7.11. The molecule has 1 saturated carbocycles. The summed E-state index contributed by atoms with van der Waals surface area (Å²) < 4.78 is 0. The van der Waals surface area contributed by atoms with E-state index >= 15 is 0 Å². The normalized spacial score (nSPS) is 25.6. The summed E-state index contributed by atoms with van der Waals surface area (Å²) in [5.74, 6) is 0.213. The molecule has 3 aliphatic rings. The van der Waals surface area contributed by atoms with Crippen LogP contribution in [0.3, 0.4) is 0 Å². The van der Waals surface area contributed by atoms with Gasteiger partial charge in [-0.25, -0.2) is 0 Å². The van der Waals surface area contributed by atoms with Gasteiger partial charge in [0.2, 0.25) is 0 Å². The van der Waals surface area contributed by atoms with Gasteiger partial charge in [-0.3, -0.25) is 9.69 Å².